The zero-order valence-corrected chi connectivity index (χ0v) is 4.87. The van der Waals surface area contributed by atoms with E-state index in [1.165, 1.54) is 6.34 Å². The first-order chi connectivity index (χ1) is 4.88. The van der Waals surface area contributed by atoms with Crippen molar-refractivity contribution in [3.05, 3.63) is 12.3 Å². The van der Waals surface area contributed by atoms with Crippen LogP contribution in [0.5, 0.6) is 0 Å². The summed E-state index contributed by atoms with van der Waals surface area (Å²) in [5.41, 5.74) is 0.252. The molecule has 2 rings (SSSR count). The first-order valence-electron chi connectivity index (χ1n) is 2.67. The Labute approximate surface area is 55.8 Å². The number of nitrogens with zero attached hydrogens (tertiary/aromatic N) is 3. The van der Waals surface area contributed by atoms with Crippen LogP contribution in [0.3, 0.4) is 0 Å². The average molecular weight is 138 g/mol. The third-order valence-electron chi connectivity index (χ3n) is 1.18. The molecule has 1 aliphatic rings. The van der Waals surface area contributed by atoms with Gasteiger partial charge in [-0.05, 0) is 0 Å². The molecule has 0 fully saturated rings. The zero-order chi connectivity index (χ0) is 6.97. The Morgan fingerprint density at radius 3 is 3.20 bits per heavy atom. The van der Waals surface area contributed by atoms with Gasteiger partial charge in [-0.3, -0.25) is 5.32 Å². The maximum absolute atomic E-state index is 12.6. The lowest BCUT2D eigenvalue weighted by molar-refractivity contribution is 0.585. The smallest absolute Gasteiger partial charge is 0.267 e. The molecule has 2 heterocycles. The quantitative estimate of drug-likeness (QED) is 0.515. The van der Waals surface area contributed by atoms with Gasteiger partial charge in [0.2, 0.25) is 12.0 Å². The predicted octanol–water partition coefficient (Wildman–Crippen LogP) is 0.0368. The number of rotatable bonds is 0. The van der Waals surface area contributed by atoms with Crippen molar-refractivity contribution in [3.8, 4) is 0 Å². The van der Waals surface area contributed by atoms with Crippen LogP contribution in [0, 0.1) is 5.95 Å². The van der Waals surface area contributed by atoms with E-state index >= 15 is 0 Å². The topological polar surface area (TPSA) is 51.9 Å². The molecule has 5 heteroatoms. The molecule has 0 bridgehead atoms. The van der Waals surface area contributed by atoms with E-state index in [2.05, 4.69) is 20.3 Å². The maximum atomic E-state index is 12.6. The molecule has 1 aromatic heterocycles. The van der Waals surface area contributed by atoms with Gasteiger partial charge in [0.15, 0.2) is 6.33 Å². The van der Waals surface area contributed by atoms with Crippen LogP contribution in [0.2, 0.25) is 0 Å². The highest BCUT2D eigenvalue weighted by molar-refractivity contribution is 5.87. The Hall–Kier alpha value is -1.52. The highest BCUT2D eigenvalue weighted by atomic mass is 19.1. The summed E-state index contributed by atoms with van der Waals surface area (Å²) in [5, 5.41) is 2.58. The molecule has 0 atom stereocenters. The molecule has 0 amide bonds. The number of halogens is 1. The van der Waals surface area contributed by atoms with Crippen LogP contribution in [0.4, 0.5) is 15.9 Å². The monoisotopic (exact) mass is 138 g/mol. The average Bonchev–Trinajstić information content (AvgIpc) is 2.36. The van der Waals surface area contributed by atoms with Gasteiger partial charge in [0, 0.05) is 0 Å². The van der Waals surface area contributed by atoms with Gasteiger partial charge < -0.3 is 0 Å². The summed E-state index contributed by atoms with van der Waals surface area (Å²) in [4.78, 5) is 10.8. The molecule has 0 saturated carbocycles. The number of anilines is 1. The first-order valence-corrected chi connectivity index (χ1v) is 2.67. The normalized spacial score (nSPS) is 12.9. The lowest BCUT2D eigenvalue weighted by atomic mass is 10.5. The van der Waals surface area contributed by atoms with Crippen LogP contribution in [-0.4, -0.2) is 16.3 Å². The zero-order valence-electron chi connectivity index (χ0n) is 4.87. The minimum Gasteiger partial charge on any atom is -0.267 e. The predicted molar refractivity (Wildman–Crippen MR) is 33.5 cm³/mol. The second kappa shape index (κ2) is 1.73. The van der Waals surface area contributed by atoms with E-state index in [4.69, 9.17) is 0 Å². The summed E-state index contributed by atoms with van der Waals surface area (Å²) in [6.07, 6.45) is 2.51. The SMILES string of the molecule is Fc1ncnc2c1NC=[N+]2. The standard InChI is InChI=1S/C5H3FN4/c6-4-3-5(9-1-7-3)10-2-8-4/h1-2,7H/q+1. The molecule has 1 aromatic rings. The number of fused-ring (bicyclic) bond motifs is 1. The van der Waals surface area contributed by atoms with Crippen molar-refractivity contribution in [2.24, 2.45) is 0 Å². The van der Waals surface area contributed by atoms with Crippen LogP contribution in [0.15, 0.2) is 6.33 Å². The molecule has 4 nitrogen and oxygen atoms in total. The third kappa shape index (κ3) is 0.570. The molecule has 10 heavy (non-hydrogen) atoms. The summed E-state index contributed by atoms with van der Waals surface area (Å²) in [6.45, 7) is 0. The van der Waals surface area contributed by atoms with Gasteiger partial charge in [0.25, 0.3) is 5.95 Å². The maximum Gasteiger partial charge on any atom is 0.342 e. The summed E-state index contributed by atoms with van der Waals surface area (Å²) in [7, 11) is 0. The Morgan fingerprint density at radius 1 is 1.50 bits per heavy atom. The van der Waals surface area contributed by atoms with Gasteiger partial charge in [-0.15, -0.1) is 0 Å². The summed E-state index contributed by atoms with van der Waals surface area (Å²) in [5.74, 6) is -0.213. The van der Waals surface area contributed by atoms with Crippen molar-refractivity contribution in [1.29, 1.82) is 0 Å². The summed E-state index contributed by atoms with van der Waals surface area (Å²) in [6, 6.07) is 0. The molecular formula is C5H3FN4+. The van der Waals surface area contributed by atoms with Crippen molar-refractivity contribution in [2.75, 3.05) is 5.32 Å². The van der Waals surface area contributed by atoms with Crippen molar-refractivity contribution in [3.63, 3.8) is 0 Å². The van der Waals surface area contributed by atoms with Crippen molar-refractivity contribution >= 4 is 17.8 Å². The summed E-state index contributed by atoms with van der Waals surface area (Å²) >= 11 is 0. The van der Waals surface area contributed by atoms with Crippen LogP contribution in [0.1, 0.15) is 0 Å². The first kappa shape index (κ1) is 5.28. The Kier molecular flexibility index (Phi) is 0.913. The minimum atomic E-state index is -0.567. The molecular weight excluding hydrogens is 135 g/mol. The van der Waals surface area contributed by atoms with Crippen LogP contribution >= 0.6 is 0 Å². The number of hydrogen-bond acceptors (Lipinski definition) is 4. The molecule has 0 aromatic carbocycles. The van der Waals surface area contributed by atoms with E-state index < -0.39 is 5.95 Å². The molecule has 0 saturated heterocycles. The van der Waals surface area contributed by atoms with E-state index in [1.54, 1.807) is 0 Å². The molecule has 0 aliphatic carbocycles. The van der Waals surface area contributed by atoms with Crippen molar-refractivity contribution in [2.45, 2.75) is 0 Å². The van der Waals surface area contributed by atoms with E-state index in [0.717, 1.165) is 6.33 Å². The molecule has 1 radical (unpaired) electrons. The van der Waals surface area contributed by atoms with E-state index in [-0.39, 0.29) is 5.69 Å². The van der Waals surface area contributed by atoms with Crippen LogP contribution in [0.25, 0.3) is 0 Å². The van der Waals surface area contributed by atoms with Gasteiger partial charge in [0.05, 0.1) is 0 Å². The van der Waals surface area contributed by atoms with Gasteiger partial charge in [-0.25, -0.2) is 0 Å². The van der Waals surface area contributed by atoms with Crippen molar-refractivity contribution in [1.82, 2.24) is 15.0 Å². The number of aliphatic imine (C=N–C) groups is 1. The fraction of sp³-hybridized carbons (Fsp3) is 0. The lowest BCUT2D eigenvalue weighted by Gasteiger charge is -1.86. The molecule has 1 N–H and O–H groups in total. The Morgan fingerprint density at radius 2 is 2.40 bits per heavy atom. The van der Waals surface area contributed by atoms with Crippen LogP contribution < -0.4 is 10.3 Å². The fourth-order valence-electron chi connectivity index (χ4n) is 0.736. The van der Waals surface area contributed by atoms with Crippen molar-refractivity contribution < 1.29 is 4.39 Å². The second-order valence-electron chi connectivity index (χ2n) is 1.77. The Balaban J connectivity index is 2.66. The molecule has 0 unspecified atom stereocenters. The van der Waals surface area contributed by atoms with E-state index in [9.17, 15) is 4.39 Å². The van der Waals surface area contributed by atoms with Gasteiger partial charge in [0.1, 0.15) is 0 Å². The lowest BCUT2D eigenvalue weighted by Crippen LogP contribution is -1.93. The molecule has 49 valence electrons. The van der Waals surface area contributed by atoms with Gasteiger partial charge in [-0.2, -0.15) is 9.37 Å². The third-order valence-corrected chi connectivity index (χ3v) is 1.18. The van der Waals surface area contributed by atoms with Gasteiger partial charge in [-0.1, -0.05) is 9.98 Å². The number of hydrogen-bond donors (Lipinski definition) is 1. The highest BCUT2D eigenvalue weighted by Gasteiger charge is 2.21. The Bertz CT molecular complexity index is 296. The summed E-state index contributed by atoms with van der Waals surface area (Å²) < 4.78 is 12.6. The fourth-order valence-corrected chi connectivity index (χ4v) is 0.736. The minimum absolute atomic E-state index is 0.252. The molecule has 1 aliphatic heterocycles. The van der Waals surface area contributed by atoms with Crippen LogP contribution in [-0.2, 0) is 0 Å². The van der Waals surface area contributed by atoms with E-state index in [0.29, 0.717) is 5.82 Å². The van der Waals surface area contributed by atoms with Gasteiger partial charge >= 0.3 is 5.82 Å². The largest absolute Gasteiger partial charge is 0.342 e. The second-order valence-corrected chi connectivity index (χ2v) is 1.77. The highest BCUT2D eigenvalue weighted by Crippen LogP contribution is 2.20. The van der Waals surface area contributed by atoms with E-state index in [1.807, 2.05) is 0 Å². The number of nitrogens with one attached hydrogen (secondary N) is 1. The number of aromatic nitrogens is 2. The molecule has 0 spiro atoms.